The molecule has 0 aliphatic heterocycles. The summed E-state index contributed by atoms with van der Waals surface area (Å²) in [6, 6.07) is 4.11. The molecule has 33 heavy (non-hydrogen) atoms. The fourth-order valence-corrected chi connectivity index (χ4v) is 3.36. The molecule has 7 nitrogen and oxygen atoms in total. The predicted molar refractivity (Wildman–Crippen MR) is 130 cm³/mol. The first-order chi connectivity index (χ1) is 15.7. The second-order valence-corrected chi connectivity index (χ2v) is 8.25. The number of oxazole rings is 1. The lowest BCUT2D eigenvalue weighted by Crippen LogP contribution is -2.45. The molecule has 2 amide bonds. The number of likely N-dealkylation sites (N-methyl/N-ethyl adjacent to an activating group) is 1. The fraction of sp³-hybridized carbons (Fsp3) is 0.400. The quantitative estimate of drug-likeness (QED) is 0.457. The van der Waals surface area contributed by atoms with Crippen LogP contribution in [0.4, 0.5) is 0 Å². The van der Waals surface area contributed by atoms with Gasteiger partial charge in [0.25, 0.3) is 5.91 Å². The van der Waals surface area contributed by atoms with E-state index in [1.165, 1.54) is 0 Å². The van der Waals surface area contributed by atoms with E-state index in [-0.39, 0.29) is 17.9 Å². The molecule has 0 saturated heterocycles. The Balaban J connectivity index is 2.01. The molecule has 1 aromatic heterocycles. The Bertz CT molecular complexity index is 1010. The number of allylic oxidation sites excluding steroid dienone is 3. The van der Waals surface area contributed by atoms with Gasteiger partial charge in [0, 0.05) is 26.0 Å². The smallest absolute Gasteiger partial charge is 0.251 e. The summed E-state index contributed by atoms with van der Waals surface area (Å²) in [5.74, 6) is 0.500. The summed E-state index contributed by atoms with van der Waals surface area (Å²) in [5.41, 5.74) is 2.25. The highest BCUT2D eigenvalue weighted by Gasteiger charge is 2.22. The lowest BCUT2D eigenvalue weighted by molar-refractivity contribution is -0.122. The number of carbonyl (C=O) groups excluding carboxylic acids is 2. The van der Waals surface area contributed by atoms with Crippen molar-refractivity contribution in [2.24, 2.45) is 0 Å². The summed E-state index contributed by atoms with van der Waals surface area (Å²) < 4.78 is 10.8. The molecule has 1 unspecified atom stereocenters. The minimum Gasteiger partial charge on any atom is -0.489 e. The highest BCUT2D eigenvalue weighted by Crippen LogP contribution is 2.26. The van der Waals surface area contributed by atoms with Crippen molar-refractivity contribution in [1.82, 2.24) is 15.6 Å². The van der Waals surface area contributed by atoms with E-state index in [1.54, 1.807) is 38.4 Å². The molecular formula is C25H32ClN3O4. The maximum atomic E-state index is 12.8. The Labute approximate surface area is 200 Å². The molecule has 0 radical (unpaired) electrons. The summed E-state index contributed by atoms with van der Waals surface area (Å²) in [6.07, 6.45) is 9.31. The number of nitrogens with zero attached hydrogens (tertiary/aromatic N) is 1. The maximum absolute atomic E-state index is 12.8. The van der Waals surface area contributed by atoms with Crippen molar-refractivity contribution in [3.05, 3.63) is 70.4 Å². The predicted octanol–water partition coefficient (Wildman–Crippen LogP) is 4.79. The first-order valence-corrected chi connectivity index (χ1v) is 11.3. The zero-order chi connectivity index (χ0) is 24.4. The Morgan fingerprint density at radius 3 is 2.61 bits per heavy atom. The third kappa shape index (κ3) is 8.42. The molecule has 0 aliphatic rings. The maximum Gasteiger partial charge on any atom is 0.251 e. The van der Waals surface area contributed by atoms with Crippen molar-refractivity contribution in [2.45, 2.75) is 59.1 Å². The molecule has 8 heteroatoms. The number of benzene rings is 1. The molecule has 0 saturated carbocycles. The van der Waals surface area contributed by atoms with Crippen LogP contribution in [0.25, 0.3) is 0 Å². The number of ether oxygens (including phenoxy) is 1. The van der Waals surface area contributed by atoms with Gasteiger partial charge in [-0.15, -0.1) is 0 Å². The minimum atomic E-state index is -0.717. The van der Waals surface area contributed by atoms with E-state index < -0.39 is 6.04 Å². The second-order valence-electron chi connectivity index (χ2n) is 7.84. The van der Waals surface area contributed by atoms with Crippen LogP contribution in [-0.4, -0.2) is 36.0 Å². The number of hydrogen-bond donors (Lipinski definition) is 2. The van der Waals surface area contributed by atoms with Crippen LogP contribution in [0.1, 0.15) is 55.6 Å². The lowest BCUT2D eigenvalue weighted by atomic mass is 10.0. The summed E-state index contributed by atoms with van der Waals surface area (Å²) in [6.45, 7) is 7.52. The summed E-state index contributed by atoms with van der Waals surface area (Å²) in [5, 5.41) is 5.78. The van der Waals surface area contributed by atoms with Crippen LogP contribution in [0.3, 0.4) is 0 Å². The number of hydrogen-bond acceptors (Lipinski definition) is 5. The van der Waals surface area contributed by atoms with E-state index in [9.17, 15) is 9.59 Å². The molecule has 1 aromatic carbocycles. The van der Waals surface area contributed by atoms with Gasteiger partial charge in [-0.05, 0) is 51.8 Å². The Hall–Kier alpha value is -3.06. The second kappa shape index (κ2) is 12.8. The number of halogens is 1. The van der Waals surface area contributed by atoms with E-state index >= 15 is 0 Å². The van der Waals surface area contributed by atoms with Crippen molar-refractivity contribution in [3.63, 3.8) is 0 Å². The number of aryl methyl sites for hydroxylation is 1. The van der Waals surface area contributed by atoms with Gasteiger partial charge in [0.05, 0.1) is 16.8 Å². The number of aromatic nitrogens is 1. The molecule has 1 heterocycles. The van der Waals surface area contributed by atoms with Crippen LogP contribution in [0.2, 0.25) is 5.02 Å². The van der Waals surface area contributed by atoms with Gasteiger partial charge in [-0.25, -0.2) is 4.98 Å². The van der Waals surface area contributed by atoms with Gasteiger partial charge in [-0.3, -0.25) is 9.59 Å². The summed E-state index contributed by atoms with van der Waals surface area (Å²) in [4.78, 5) is 29.5. The van der Waals surface area contributed by atoms with E-state index in [0.717, 1.165) is 11.3 Å². The molecular weight excluding hydrogens is 442 g/mol. The molecule has 0 aliphatic carbocycles. The summed E-state index contributed by atoms with van der Waals surface area (Å²) >= 11 is 6.26. The molecule has 2 aromatic rings. The molecule has 1 atom stereocenters. The Morgan fingerprint density at radius 2 is 2.03 bits per heavy atom. The Kier molecular flexibility index (Phi) is 10.2. The highest BCUT2D eigenvalue weighted by atomic mass is 35.5. The van der Waals surface area contributed by atoms with Crippen LogP contribution < -0.4 is 15.4 Å². The van der Waals surface area contributed by atoms with E-state index in [4.69, 9.17) is 20.8 Å². The van der Waals surface area contributed by atoms with Gasteiger partial charge >= 0.3 is 0 Å². The average molecular weight is 474 g/mol. The van der Waals surface area contributed by atoms with Gasteiger partial charge < -0.3 is 19.8 Å². The third-order valence-corrected chi connectivity index (χ3v) is 5.14. The lowest BCUT2D eigenvalue weighted by Gasteiger charge is -2.19. The van der Waals surface area contributed by atoms with Crippen molar-refractivity contribution in [2.75, 3.05) is 7.05 Å². The summed E-state index contributed by atoms with van der Waals surface area (Å²) in [7, 11) is 1.55. The van der Waals surface area contributed by atoms with Crippen molar-refractivity contribution in [3.8, 4) is 5.75 Å². The zero-order valence-corrected chi connectivity index (χ0v) is 20.5. The SMILES string of the molecule is C/C=C(\C/C=C\Cc1coc(C)n1)CC(NC(=O)c1ccc(OC(C)C)c(Cl)c1)C(=O)NC. The number of rotatable bonds is 11. The van der Waals surface area contributed by atoms with Crippen molar-refractivity contribution in [1.29, 1.82) is 0 Å². The first kappa shape index (κ1) is 26.2. The third-order valence-electron chi connectivity index (χ3n) is 4.84. The molecule has 0 spiro atoms. The number of carbonyl (C=O) groups is 2. The van der Waals surface area contributed by atoms with E-state index in [1.807, 2.05) is 39.0 Å². The molecule has 2 rings (SSSR count). The topological polar surface area (TPSA) is 93.5 Å². The molecule has 178 valence electrons. The zero-order valence-electron chi connectivity index (χ0n) is 19.8. The standard InChI is InChI=1S/C25H32ClN3O4/c1-6-18(9-7-8-10-20-15-32-17(4)28-20)13-22(25(31)27-5)29-24(30)19-11-12-23(21(26)14-19)33-16(2)3/h6-8,11-12,14-16,22H,9-10,13H2,1-5H3,(H,27,31)(H,29,30)/b8-7-,18-6+. The van der Waals surface area contributed by atoms with Gasteiger partial charge in [0.1, 0.15) is 18.1 Å². The van der Waals surface area contributed by atoms with Crippen LogP contribution >= 0.6 is 11.6 Å². The van der Waals surface area contributed by atoms with Crippen LogP contribution in [0.5, 0.6) is 5.75 Å². The van der Waals surface area contributed by atoms with Crippen LogP contribution in [0, 0.1) is 6.92 Å². The monoisotopic (exact) mass is 473 g/mol. The van der Waals surface area contributed by atoms with Crippen LogP contribution in [0.15, 0.2) is 52.7 Å². The van der Waals surface area contributed by atoms with E-state index in [2.05, 4.69) is 15.6 Å². The minimum absolute atomic E-state index is 0.0341. The normalized spacial score (nSPS) is 12.8. The van der Waals surface area contributed by atoms with Crippen molar-refractivity contribution >= 4 is 23.4 Å². The van der Waals surface area contributed by atoms with Crippen LogP contribution in [-0.2, 0) is 11.2 Å². The molecule has 0 fully saturated rings. The van der Waals surface area contributed by atoms with Gasteiger partial charge in [-0.1, -0.05) is 35.4 Å². The van der Waals surface area contributed by atoms with Gasteiger partial charge in [0.2, 0.25) is 5.91 Å². The largest absolute Gasteiger partial charge is 0.489 e. The Morgan fingerprint density at radius 1 is 1.27 bits per heavy atom. The van der Waals surface area contributed by atoms with Crippen molar-refractivity contribution < 1.29 is 18.7 Å². The highest BCUT2D eigenvalue weighted by molar-refractivity contribution is 6.32. The first-order valence-electron chi connectivity index (χ1n) is 10.9. The molecule has 0 bridgehead atoms. The van der Waals surface area contributed by atoms with Gasteiger partial charge in [0.15, 0.2) is 5.89 Å². The van der Waals surface area contributed by atoms with E-state index in [0.29, 0.717) is 41.5 Å². The number of nitrogens with one attached hydrogen (secondary N) is 2. The van der Waals surface area contributed by atoms with Gasteiger partial charge in [-0.2, -0.15) is 0 Å². The number of amides is 2. The fourth-order valence-electron chi connectivity index (χ4n) is 3.14. The molecule has 2 N–H and O–H groups in total. The average Bonchev–Trinajstić information content (AvgIpc) is 3.20.